The number of anilines is 1. The molecule has 0 radical (unpaired) electrons. The van der Waals surface area contributed by atoms with Gasteiger partial charge in [0.1, 0.15) is 0 Å². The Labute approximate surface area is 113 Å². The minimum atomic E-state index is -3.19. The molecule has 1 N–H and O–H groups in total. The molecule has 102 valence electrons. The monoisotopic (exact) mass is 279 g/mol. The van der Waals surface area contributed by atoms with Crippen LogP contribution in [-0.2, 0) is 14.6 Å². The zero-order valence-electron chi connectivity index (χ0n) is 10.8. The molecule has 2 aliphatic rings. The van der Waals surface area contributed by atoms with Crippen LogP contribution in [-0.4, -0.2) is 20.1 Å². The molecule has 1 unspecified atom stereocenters. The Hall–Kier alpha value is -1.36. The zero-order valence-corrected chi connectivity index (χ0v) is 11.7. The SMILES string of the molecule is CC(=O)Nc1ccc2c(c1)S(=O)(=O)CCC2C1CC1. The fourth-order valence-corrected chi connectivity index (χ4v) is 4.60. The van der Waals surface area contributed by atoms with Crippen molar-refractivity contribution < 1.29 is 13.2 Å². The molecule has 4 nitrogen and oxygen atoms in total. The van der Waals surface area contributed by atoms with E-state index in [-0.39, 0.29) is 11.7 Å². The van der Waals surface area contributed by atoms with Crippen molar-refractivity contribution in [1.29, 1.82) is 0 Å². The summed E-state index contributed by atoms with van der Waals surface area (Å²) in [7, 11) is -3.19. The van der Waals surface area contributed by atoms with Gasteiger partial charge < -0.3 is 5.32 Å². The fraction of sp³-hybridized carbons (Fsp3) is 0.500. The van der Waals surface area contributed by atoms with Crippen molar-refractivity contribution in [1.82, 2.24) is 0 Å². The maximum atomic E-state index is 12.2. The standard InChI is InChI=1S/C14H17NO3S/c1-9(16)15-11-4-5-13-12(10-2-3-10)6-7-19(17,18)14(13)8-11/h4-5,8,10,12H,2-3,6-7H2,1H3,(H,15,16). The van der Waals surface area contributed by atoms with Gasteiger partial charge in [-0.3, -0.25) is 4.79 Å². The van der Waals surface area contributed by atoms with Gasteiger partial charge >= 0.3 is 0 Å². The van der Waals surface area contributed by atoms with Crippen molar-refractivity contribution in [3.05, 3.63) is 23.8 Å². The van der Waals surface area contributed by atoms with Gasteiger partial charge in [0.15, 0.2) is 9.84 Å². The van der Waals surface area contributed by atoms with Crippen LogP contribution in [0.4, 0.5) is 5.69 Å². The molecule has 0 bridgehead atoms. The second-order valence-electron chi connectivity index (χ2n) is 5.49. The van der Waals surface area contributed by atoms with Crippen LogP contribution in [0.2, 0.25) is 0 Å². The van der Waals surface area contributed by atoms with Crippen LogP contribution in [0.25, 0.3) is 0 Å². The lowest BCUT2D eigenvalue weighted by molar-refractivity contribution is -0.114. The van der Waals surface area contributed by atoms with Crippen LogP contribution < -0.4 is 5.32 Å². The Kier molecular flexibility index (Phi) is 2.89. The third kappa shape index (κ3) is 2.39. The first-order valence-corrected chi connectivity index (χ1v) is 8.27. The Morgan fingerprint density at radius 2 is 2.00 bits per heavy atom. The molecule has 1 aliphatic heterocycles. The molecule has 5 heteroatoms. The van der Waals surface area contributed by atoms with Gasteiger partial charge in [0.05, 0.1) is 10.6 Å². The summed E-state index contributed by atoms with van der Waals surface area (Å²) >= 11 is 0. The quantitative estimate of drug-likeness (QED) is 0.903. The molecule has 1 heterocycles. The molecule has 0 aromatic heterocycles. The summed E-state index contributed by atoms with van der Waals surface area (Å²) in [6.07, 6.45) is 3.15. The smallest absolute Gasteiger partial charge is 0.221 e. The number of benzene rings is 1. The molecule has 1 amide bonds. The number of rotatable bonds is 2. The minimum Gasteiger partial charge on any atom is -0.326 e. The summed E-state index contributed by atoms with van der Waals surface area (Å²) in [5.41, 5.74) is 1.51. The maximum absolute atomic E-state index is 12.2. The van der Waals surface area contributed by atoms with E-state index in [0.717, 1.165) is 12.0 Å². The van der Waals surface area contributed by atoms with Crippen LogP contribution >= 0.6 is 0 Å². The first-order chi connectivity index (χ1) is 8.97. The summed E-state index contributed by atoms with van der Waals surface area (Å²) in [6, 6.07) is 5.29. The lowest BCUT2D eigenvalue weighted by Gasteiger charge is -2.26. The molecule has 1 aliphatic carbocycles. The van der Waals surface area contributed by atoms with Crippen LogP contribution in [0.15, 0.2) is 23.1 Å². The van der Waals surface area contributed by atoms with E-state index in [9.17, 15) is 13.2 Å². The summed E-state index contributed by atoms with van der Waals surface area (Å²) in [6.45, 7) is 1.42. The van der Waals surface area contributed by atoms with Gasteiger partial charge in [0, 0.05) is 12.6 Å². The van der Waals surface area contributed by atoms with Gasteiger partial charge in [-0.15, -0.1) is 0 Å². The predicted octanol–water partition coefficient (Wildman–Crippen LogP) is 2.32. The van der Waals surface area contributed by atoms with Gasteiger partial charge in [0.25, 0.3) is 0 Å². The van der Waals surface area contributed by atoms with Gasteiger partial charge in [-0.25, -0.2) is 8.42 Å². The van der Waals surface area contributed by atoms with E-state index < -0.39 is 9.84 Å². The second kappa shape index (κ2) is 4.34. The van der Waals surface area contributed by atoms with E-state index in [2.05, 4.69) is 5.32 Å². The van der Waals surface area contributed by atoms with Gasteiger partial charge in [-0.1, -0.05) is 6.07 Å². The van der Waals surface area contributed by atoms with Crippen molar-refractivity contribution in [2.24, 2.45) is 5.92 Å². The molecular formula is C14H17NO3S. The van der Waals surface area contributed by atoms with Gasteiger partial charge in [0.2, 0.25) is 5.91 Å². The third-order valence-corrected chi connectivity index (χ3v) is 5.75. The average Bonchev–Trinajstić information content (AvgIpc) is 3.13. The Balaban J connectivity index is 2.05. The minimum absolute atomic E-state index is 0.188. The number of fused-ring (bicyclic) bond motifs is 1. The highest BCUT2D eigenvalue weighted by atomic mass is 32.2. The maximum Gasteiger partial charge on any atom is 0.221 e. The van der Waals surface area contributed by atoms with Crippen LogP contribution in [0.1, 0.15) is 37.7 Å². The van der Waals surface area contributed by atoms with Crippen molar-refractivity contribution in [3.8, 4) is 0 Å². The van der Waals surface area contributed by atoms with Crippen LogP contribution in [0.3, 0.4) is 0 Å². The van der Waals surface area contributed by atoms with Crippen LogP contribution in [0.5, 0.6) is 0 Å². The molecule has 1 fully saturated rings. The van der Waals surface area contributed by atoms with Crippen LogP contribution in [0, 0.1) is 5.92 Å². The molecule has 19 heavy (non-hydrogen) atoms. The molecule has 1 aromatic rings. The van der Waals surface area contributed by atoms with Crippen molar-refractivity contribution >= 4 is 21.4 Å². The highest BCUT2D eigenvalue weighted by Gasteiger charge is 2.39. The van der Waals surface area contributed by atoms with Crippen molar-refractivity contribution in [2.75, 3.05) is 11.1 Å². The molecule has 3 rings (SSSR count). The molecule has 1 atom stereocenters. The predicted molar refractivity (Wildman–Crippen MR) is 72.9 cm³/mol. The van der Waals surface area contributed by atoms with E-state index >= 15 is 0 Å². The fourth-order valence-electron chi connectivity index (χ4n) is 2.93. The molecule has 0 saturated heterocycles. The molecule has 0 spiro atoms. The van der Waals surface area contributed by atoms with Gasteiger partial charge in [-0.2, -0.15) is 0 Å². The summed E-state index contributed by atoms with van der Waals surface area (Å²) in [4.78, 5) is 11.5. The van der Waals surface area contributed by atoms with E-state index in [4.69, 9.17) is 0 Å². The number of carbonyl (C=O) groups is 1. The first-order valence-electron chi connectivity index (χ1n) is 6.62. The Morgan fingerprint density at radius 1 is 1.26 bits per heavy atom. The number of carbonyl (C=O) groups excluding carboxylic acids is 1. The van der Waals surface area contributed by atoms with E-state index in [1.54, 1.807) is 12.1 Å². The van der Waals surface area contributed by atoms with E-state index in [1.807, 2.05) is 6.07 Å². The summed E-state index contributed by atoms with van der Waals surface area (Å²) in [5.74, 6) is 1.07. The number of nitrogens with one attached hydrogen (secondary N) is 1. The Bertz CT molecular complexity index is 632. The number of hydrogen-bond donors (Lipinski definition) is 1. The summed E-state index contributed by atoms with van der Waals surface area (Å²) in [5, 5.41) is 2.65. The number of sulfone groups is 1. The first kappa shape index (κ1) is 12.7. The normalized spacial score (nSPS) is 24.6. The second-order valence-corrected chi connectivity index (χ2v) is 7.56. The lowest BCUT2D eigenvalue weighted by atomic mass is 9.91. The Morgan fingerprint density at radius 3 is 2.63 bits per heavy atom. The van der Waals surface area contributed by atoms with Crippen molar-refractivity contribution in [2.45, 2.75) is 37.0 Å². The molecular weight excluding hydrogens is 262 g/mol. The highest BCUT2D eigenvalue weighted by Crippen LogP contribution is 2.49. The van der Waals surface area contributed by atoms with Crippen molar-refractivity contribution in [3.63, 3.8) is 0 Å². The molecule has 1 saturated carbocycles. The highest BCUT2D eigenvalue weighted by molar-refractivity contribution is 7.91. The topological polar surface area (TPSA) is 63.2 Å². The van der Waals surface area contributed by atoms with E-state index in [1.165, 1.54) is 19.8 Å². The zero-order chi connectivity index (χ0) is 13.6. The number of hydrogen-bond acceptors (Lipinski definition) is 3. The third-order valence-electron chi connectivity index (χ3n) is 3.96. The van der Waals surface area contributed by atoms with Gasteiger partial charge in [-0.05, 0) is 48.8 Å². The average molecular weight is 279 g/mol. The van der Waals surface area contributed by atoms with E-state index in [0.29, 0.717) is 22.4 Å². The number of amides is 1. The largest absolute Gasteiger partial charge is 0.326 e. The lowest BCUT2D eigenvalue weighted by Crippen LogP contribution is -2.21. The summed E-state index contributed by atoms with van der Waals surface area (Å²) < 4.78 is 24.4. The molecule has 1 aromatic carbocycles.